The number of aromatic nitrogens is 1. The molecule has 0 spiro atoms. The minimum atomic E-state index is -0.293. The molecule has 1 aliphatic rings. The number of amides is 1. The van der Waals surface area contributed by atoms with Crippen LogP contribution >= 0.6 is 0 Å². The number of nitrogens with zero attached hydrogens (tertiary/aromatic N) is 1. The normalized spacial score (nSPS) is 19.9. The number of hydrogen-bond donors (Lipinski definition) is 2. The molecule has 1 unspecified atom stereocenters. The van der Waals surface area contributed by atoms with Crippen LogP contribution in [0.25, 0.3) is 0 Å². The maximum Gasteiger partial charge on any atom is 0.255 e. The van der Waals surface area contributed by atoms with Crippen molar-refractivity contribution in [2.45, 2.75) is 25.4 Å². The van der Waals surface area contributed by atoms with Crippen molar-refractivity contribution in [2.24, 2.45) is 0 Å². The first-order valence-corrected chi connectivity index (χ1v) is 5.80. The lowest BCUT2D eigenvalue weighted by Crippen LogP contribution is -2.35. The van der Waals surface area contributed by atoms with E-state index in [0.29, 0.717) is 6.54 Å². The summed E-state index contributed by atoms with van der Waals surface area (Å²) in [4.78, 5) is 15.5. The van der Waals surface area contributed by atoms with Gasteiger partial charge in [0.1, 0.15) is 5.75 Å². The van der Waals surface area contributed by atoms with Crippen LogP contribution in [0.3, 0.4) is 0 Å². The lowest BCUT2D eigenvalue weighted by atomic mass is 10.1. The number of hydrogen-bond acceptors (Lipinski definition) is 4. The molecule has 0 aromatic carbocycles. The fourth-order valence-electron chi connectivity index (χ4n) is 1.85. The molecule has 1 fully saturated rings. The molecule has 5 heteroatoms. The van der Waals surface area contributed by atoms with Crippen LogP contribution in [-0.4, -0.2) is 35.3 Å². The first kappa shape index (κ1) is 11.9. The molecule has 1 atom stereocenters. The van der Waals surface area contributed by atoms with Crippen molar-refractivity contribution in [2.75, 3.05) is 13.2 Å². The summed E-state index contributed by atoms with van der Waals surface area (Å²) in [5.41, 5.74) is 0.246. The molecule has 0 aliphatic carbocycles. The highest BCUT2D eigenvalue weighted by Crippen LogP contribution is 2.14. The molecule has 1 aliphatic heterocycles. The van der Waals surface area contributed by atoms with Crippen molar-refractivity contribution >= 4 is 5.91 Å². The number of rotatable bonds is 3. The van der Waals surface area contributed by atoms with Crippen LogP contribution in [0, 0.1) is 0 Å². The number of carbonyl (C=O) groups is 1. The molecule has 1 aromatic heterocycles. The fourth-order valence-corrected chi connectivity index (χ4v) is 1.85. The molecular weight excluding hydrogens is 220 g/mol. The van der Waals surface area contributed by atoms with Crippen LogP contribution in [0.15, 0.2) is 18.5 Å². The maximum absolute atomic E-state index is 11.8. The molecule has 92 valence electrons. The second-order valence-corrected chi connectivity index (χ2v) is 4.09. The summed E-state index contributed by atoms with van der Waals surface area (Å²) < 4.78 is 5.50. The number of nitrogens with one attached hydrogen (secondary N) is 1. The fraction of sp³-hybridized carbons (Fsp3) is 0.500. The summed E-state index contributed by atoms with van der Waals surface area (Å²) in [6, 6.07) is 1.49. The Bertz CT molecular complexity index is 389. The van der Waals surface area contributed by atoms with E-state index < -0.39 is 0 Å². The third-order valence-electron chi connectivity index (χ3n) is 2.81. The van der Waals surface area contributed by atoms with Crippen LogP contribution < -0.4 is 5.32 Å². The number of ether oxygens (including phenoxy) is 1. The van der Waals surface area contributed by atoms with Gasteiger partial charge in [-0.25, -0.2) is 0 Å². The molecule has 2 heterocycles. The highest BCUT2D eigenvalue weighted by atomic mass is 16.5. The summed E-state index contributed by atoms with van der Waals surface area (Å²) in [5, 5.41) is 12.2. The molecule has 1 aromatic rings. The van der Waals surface area contributed by atoms with Crippen molar-refractivity contribution in [1.29, 1.82) is 0 Å². The monoisotopic (exact) mass is 236 g/mol. The smallest absolute Gasteiger partial charge is 0.255 e. The third kappa shape index (κ3) is 3.17. The van der Waals surface area contributed by atoms with Gasteiger partial charge in [0.15, 0.2) is 0 Å². The van der Waals surface area contributed by atoms with Crippen molar-refractivity contribution < 1.29 is 14.6 Å². The predicted octanol–water partition coefficient (Wildman–Crippen LogP) is 1.09. The predicted molar refractivity (Wildman–Crippen MR) is 61.8 cm³/mol. The summed E-state index contributed by atoms with van der Waals surface area (Å²) in [6.45, 7) is 1.25. The standard InChI is InChI=1S/C12H16N2O3/c15-11-8-13-5-4-10(11)12(16)14-7-9-3-1-2-6-17-9/h4-5,8-9,15H,1-3,6-7H2,(H,14,16). The van der Waals surface area contributed by atoms with E-state index in [9.17, 15) is 9.90 Å². The largest absolute Gasteiger partial charge is 0.505 e. The van der Waals surface area contributed by atoms with E-state index in [2.05, 4.69) is 10.3 Å². The molecule has 2 rings (SSSR count). The summed E-state index contributed by atoms with van der Waals surface area (Å²) in [7, 11) is 0. The van der Waals surface area contributed by atoms with Crippen LogP contribution in [0.1, 0.15) is 29.6 Å². The Morgan fingerprint density at radius 2 is 2.47 bits per heavy atom. The Hall–Kier alpha value is -1.62. The van der Waals surface area contributed by atoms with Gasteiger partial charge >= 0.3 is 0 Å². The van der Waals surface area contributed by atoms with Crippen molar-refractivity contribution in [3.63, 3.8) is 0 Å². The van der Waals surface area contributed by atoms with Gasteiger partial charge in [-0.3, -0.25) is 9.78 Å². The lowest BCUT2D eigenvalue weighted by Gasteiger charge is -2.22. The molecule has 1 amide bonds. The van der Waals surface area contributed by atoms with Crippen LogP contribution in [0.5, 0.6) is 5.75 Å². The van der Waals surface area contributed by atoms with Crippen LogP contribution in [0.2, 0.25) is 0 Å². The van der Waals surface area contributed by atoms with Gasteiger partial charge < -0.3 is 15.2 Å². The van der Waals surface area contributed by atoms with E-state index in [1.54, 1.807) is 0 Å². The Morgan fingerprint density at radius 3 is 3.18 bits per heavy atom. The van der Waals surface area contributed by atoms with E-state index >= 15 is 0 Å². The van der Waals surface area contributed by atoms with Gasteiger partial charge in [0.25, 0.3) is 5.91 Å². The zero-order valence-corrected chi connectivity index (χ0v) is 9.56. The lowest BCUT2D eigenvalue weighted by molar-refractivity contribution is 0.0169. The summed E-state index contributed by atoms with van der Waals surface area (Å²) in [6.07, 6.45) is 6.04. The SMILES string of the molecule is O=C(NCC1CCCCO1)c1ccncc1O. The zero-order valence-electron chi connectivity index (χ0n) is 9.56. The molecule has 0 saturated carbocycles. The van der Waals surface area contributed by atoms with E-state index in [4.69, 9.17) is 4.74 Å². The minimum Gasteiger partial charge on any atom is -0.505 e. The van der Waals surface area contributed by atoms with E-state index in [1.165, 1.54) is 18.5 Å². The van der Waals surface area contributed by atoms with E-state index in [1.807, 2.05) is 0 Å². The molecule has 0 radical (unpaired) electrons. The van der Waals surface area contributed by atoms with Crippen LogP contribution in [-0.2, 0) is 4.74 Å². The molecule has 0 bridgehead atoms. The molecular formula is C12H16N2O3. The third-order valence-corrected chi connectivity index (χ3v) is 2.81. The van der Waals surface area contributed by atoms with Gasteiger partial charge in [-0.05, 0) is 25.3 Å². The van der Waals surface area contributed by atoms with Gasteiger partial charge in [-0.2, -0.15) is 0 Å². The van der Waals surface area contributed by atoms with Gasteiger partial charge in [-0.1, -0.05) is 0 Å². The van der Waals surface area contributed by atoms with Crippen molar-refractivity contribution in [3.8, 4) is 5.75 Å². The topological polar surface area (TPSA) is 71.5 Å². The summed E-state index contributed by atoms with van der Waals surface area (Å²) >= 11 is 0. The average Bonchev–Trinajstić information content (AvgIpc) is 2.38. The van der Waals surface area contributed by atoms with Gasteiger partial charge in [0.05, 0.1) is 17.9 Å². The highest BCUT2D eigenvalue weighted by Gasteiger charge is 2.16. The van der Waals surface area contributed by atoms with Crippen LogP contribution in [0.4, 0.5) is 0 Å². The molecule has 1 saturated heterocycles. The second kappa shape index (κ2) is 5.63. The molecule has 17 heavy (non-hydrogen) atoms. The maximum atomic E-state index is 11.8. The Labute approximate surface area is 99.8 Å². The van der Waals surface area contributed by atoms with Gasteiger partial charge in [0, 0.05) is 19.3 Å². The first-order valence-electron chi connectivity index (χ1n) is 5.80. The zero-order chi connectivity index (χ0) is 12.1. The van der Waals surface area contributed by atoms with Gasteiger partial charge in [0.2, 0.25) is 0 Å². The van der Waals surface area contributed by atoms with Crippen molar-refractivity contribution in [3.05, 3.63) is 24.0 Å². The highest BCUT2D eigenvalue weighted by molar-refractivity contribution is 5.96. The average molecular weight is 236 g/mol. The Balaban J connectivity index is 1.87. The Kier molecular flexibility index (Phi) is 3.93. The number of carbonyl (C=O) groups excluding carboxylic acids is 1. The summed E-state index contributed by atoms with van der Waals surface area (Å²) in [5.74, 6) is -0.395. The number of aromatic hydroxyl groups is 1. The quantitative estimate of drug-likeness (QED) is 0.824. The van der Waals surface area contributed by atoms with Gasteiger partial charge in [-0.15, -0.1) is 0 Å². The van der Waals surface area contributed by atoms with E-state index in [-0.39, 0.29) is 23.3 Å². The minimum absolute atomic E-state index is 0.0941. The van der Waals surface area contributed by atoms with Crippen molar-refractivity contribution in [1.82, 2.24) is 10.3 Å². The first-order chi connectivity index (χ1) is 8.27. The second-order valence-electron chi connectivity index (χ2n) is 4.09. The molecule has 2 N–H and O–H groups in total. The Morgan fingerprint density at radius 1 is 1.59 bits per heavy atom. The molecule has 5 nitrogen and oxygen atoms in total. The van der Waals surface area contributed by atoms with E-state index in [0.717, 1.165) is 25.9 Å². The number of pyridine rings is 1.